The molecular weight excluding hydrogens is 194 g/mol. The molecule has 1 N–H and O–H groups in total. The predicted molar refractivity (Wildman–Crippen MR) is 54.0 cm³/mol. The van der Waals surface area contributed by atoms with Crippen LogP contribution in [0.1, 0.15) is 29.8 Å². The molecule has 0 saturated heterocycles. The van der Waals surface area contributed by atoms with E-state index in [9.17, 15) is 4.79 Å². The van der Waals surface area contributed by atoms with Crippen molar-refractivity contribution in [3.8, 4) is 5.88 Å². The maximum Gasteiger partial charge on any atom is 0.354 e. The molecule has 4 heteroatoms. The highest BCUT2D eigenvalue weighted by Crippen LogP contribution is 2.32. The van der Waals surface area contributed by atoms with Crippen molar-refractivity contribution in [1.29, 1.82) is 0 Å². The van der Waals surface area contributed by atoms with Crippen molar-refractivity contribution in [2.24, 2.45) is 5.92 Å². The molecule has 0 radical (unpaired) electrons. The van der Waals surface area contributed by atoms with E-state index in [1.165, 1.54) is 18.9 Å². The summed E-state index contributed by atoms with van der Waals surface area (Å²) in [5.41, 5.74) is 0.0268. The fraction of sp³-hybridized carbons (Fsp3) is 0.455. The third kappa shape index (κ3) is 2.94. The van der Waals surface area contributed by atoms with Crippen molar-refractivity contribution < 1.29 is 14.6 Å². The Morgan fingerprint density at radius 1 is 1.53 bits per heavy atom. The largest absolute Gasteiger partial charge is 0.478 e. The standard InChI is InChI=1S/C11H13NO3/c13-11(14)9-2-1-3-10(12-9)15-7-6-8-4-5-8/h1-3,8H,4-7H2,(H,13,14). The number of carboxylic acids is 1. The number of aromatic nitrogens is 1. The fourth-order valence-corrected chi connectivity index (χ4v) is 1.35. The Morgan fingerprint density at radius 2 is 2.33 bits per heavy atom. The summed E-state index contributed by atoms with van der Waals surface area (Å²) in [4.78, 5) is 14.5. The normalized spacial score (nSPS) is 14.9. The molecule has 1 fully saturated rings. The van der Waals surface area contributed by atoms with Gasteiger partial charge in [-0.05, 0) is 18.4 Å². The second-order valence-electron chi connectivity index (χ2n) is 3.75. The van der Waals surface area contributed by atoms with Gasteiger partial charge in [0.1, 0.15) is 0 Å². The zero-order valence-electron chi connectivity index (χ0n) is 8.35. The number of ether oxygens (including phenoxy) is 1. The van der Waals surface area contributed by atoms with E-state index in [1.54, 1.807) is 12.1 Å². The van der Waals surface area contributed by atoms with Crippen LogP contribution < -0.4 is 4.74 Å². The number of carboxylic acid groups (broad SMARTS) is 1. The molecule has 1 saturated carbocycles. The summed E-state index contributed by atoms with van der Waals surface area (Å²) in [6.45, 7) is 0.626. The minimum Gasteiger partial charge on any atom is -0.478 e. The molecule has 0 spiro atoms. The molecule has 80 valence electrons. The molecule has 1 aliphatic rings. The smallest absolute Gasteiger partial charge is 0.354 e. The summed E-state index contributed by atoms with van der Waals surface area (Å²) in [5.74, 6) is 0.186. The van der Waals surface area contributed by atoms with Crippen LogP contribution in [0.5, 0.6) is 5.88 Å². The Labute approximate surface area is 87.9 Å². The van der Waals surface area contributed by atoms with Crippen molar-refractivity contribution in [2.75, 3.05) is 6.61 Å². The van der Waals surface area contributed by atoms with Gasteiger partial charge < -0.3 is 9.84 Å². The summed E-state index contributed by atoms with van der Waals surface area (Å²) >= 11 is 0. The van der Waals surface area contributed by atoms with Crippen LogP contribution in [0.25, 0.3) is 0 Å². The first-order chi connectivity index (χ1) is 7.25. The van der Waals surface area contributed by atoms with Gasteiger partial charge >= 0.3 is 5.97 Å². The van der Waals surface area contributed by atoms with Crippen molar-refractivity contribution in [3.05, 3.63) is 23.9 Å². The van der Waals surface area contributed by atoms with Crippen molar-refractivity contribution >= 4 is 5.97 Å². The topological polar surface area (TPSA) is 59.4 Å². The van der Waals surface area contributed by atoms with E-state index in [2.05, 4.69) is 4.98 Å². The van der Waals surface area contributed by atoms with Gasteiger partial charge in [-0.3, -0.25) is 0 Å². The van der Waals surface area contributed by atoms with Gasteiger partial charge in [-0.25, -0.2) is 9.78 Å². The molecule has 0 unspecified atom stereocenters. The first-order valence-corrected chi connectivity index (χ1v) is 5.09. The summed E-state index contributed by atoms with van der Waals surface area (Å²) < 4.78 is 5.37. The Morgan fingerprint density at radius 3 is 3.00 bits per heavy atom. The second-order valence-corrected chi connectivity index (χ2v) is 3.75. The lowest BCUT2D eigenvalue weighted by Gasteiger charge is -2.04. The Balaban J connectivity index is 1.88. The second kappa shape index (κ2) is 4.29. The third-order valence-electron chi connectivity index (χ3n) is 2.42. The van der Waals surface area contributed by atoms with Crippen molar-refractivity contribution in [1.82, 2.24) is 4.98 Å². The zero-order valence-corrected chi connectivity index (χ0v) is 8.35. The summed E-state index contributed by atoms with van der Waals surface area (Å²) in [5, 5.41) is 8.71. The van der Waals surface area contributed by atoms with Crippen molar-refractivity contribution in [3.63, 3.8) is 0 Å². The average molecular weight is 207 g/mol. The number of hydrogen-bond acceptors (Lipinski definition) is 3. The van der Waals surface area contributed by atoms with Gasteiger partial charge in [0.2, 0.25) is 5.88 Å². The van der Waals surface area contributed by atoms with Crippen LogP contribution in [0.4, 0.5) is 0 Å². The summed E-state index contributed by atoms with van der Waals surface area (Å²) in [6, 6.07) is 4.78. The van der Waals surface area contributed by atoms with Gasteiger partial charge in [0.25, 0.3) is 0 Å². The van der Waals surface area contributed by atoms with Gasteiger partial charge in [0, 0.05) is 6.07 Å². The average Bonchev–Trinajstić information content (AvgIpc) is 3.02. The molecule has 1 aliphatic carbocycles. The number of rotatable bonds is 5. The summed E-state index contributed by atoms with van der Waals surface area (Å²) in [7, 11) is 0. The molecule has 0 atom stereocenters. The molecule has 1 heterocycles. The van der Waals surface area contributed by atoms with Crippen LogP contribution in [0.2, 0.25) is 0 Å². The van der Waals surface area contributed by atoms with E-state index in [0.29, 0.717) is 12.5 Å². The fourth-order valence-electron chi connectivity index (χ4n) is 1.35. The van der Waals surface area contributed by atoms with E-state index in [0.717, 1.165) is 12.3 Å². The molecule has 0 aliphatic heterocycles. The van der Waals surface area contributed by atoms with Crippen LogP contribution in [-0.4, -0.2) is 22.7 Å². The van der Waals surface area contributed by atoms with Gasteiger partial charge in [0.05, 0.1) is 6.61 Å². The number of hydrogen-bond donors (Lipinski definition) is 1. The maximum absolute atomic E-state index is 10.6. The monoisotopic (exact) mass is 207 g/mol. The van der Waals surface area contributed by atoms with Crippen LogP contribution >= 0.6 is 0 Å². The highest BCUT2D eigenvalue weighted by molar-refractivity contribution is 5.85. The van der Waals surface area contributed by atoms with Gasteiger partial charge in [0.15, 0.2) is 5.69 Å². The molecular formula is C11H13NO3. The van der Waals surface area contributed by atoms with E-state index < -0.39 is 5.97 Å². The number of pyridine rings is 1. The van der Waals surface area contributed by atoms with Crippen LogP contribution in [0, 0.1) is 5.92 Å². The third-order valence-corrected chi connectivity index (χ3v) is 2.42. The Bertz CT molecular complexity index is 361. The molecule has 0 amide bonds. The highest BCUT2D eigenvalue weighted by Gasteiger charge is 2.20. The van der Waals surface area contributed by atoms with Gasteiger partial charge in [-0.15, -0.1) is 0 Å². The SMILES string of the molecule is O=C(O)c1cccc(OCCC2CC2)n1. The number of nitrogens with zero attached hydrogens (tertiary/aromatic N) is 1. The lowest BCUT2D eigenvalue weighted by Crippen LogP contribution is -2.04. The first-order valence-electron chi connectivity index (χ1n) is 5.09. The van der Waals surface area contributed by atoms with Gasteiger partial charge in [-0.1, -0.05) is 18.9 Å². The minimum atomic E-state index is -1.03. The van der Waals surface area contributed by atoms with E-state index in [-0.39, 0.29) is 5.69 Å². The van der Waals surface area contributed by atoms with E-state index in [4.69, 9.17) is 9.84 Å². The molecule has 15 heavy (non-hydrogen) atoms. The quantitative estimate of drug-likeness (QED) is 0.801. The molecule has 1 aromatic rings. The highest BCUT2D eigenvalue weighted by atomic mass is 16.5. The minimum absolute atomic E-state index is 0.0268. The molecule has 1 aromatic heterocycles. The van der Waals surface area contributed by atoms with Crippen LogP contribution in [-0.2, 0) is 0 Å². The van der Waals surface area contributed by atoms with Crippen LogP contribution in [0.15, 0.2) is 18.2 Å². The Kier molecular flexibility index (Phi) is 2.85. The first kappa shape index (κ1) is 9.96. The van der Waals surface area contributed by atoms with E-state index >= 15 is 0 Å². The maximum atomic E-state index is 10.6. The Hall–Kier alpha value is -1.58. The predicted octanol–water partition coefficient (Wildman–Crippen LogP) is 1.96. The lowest BCUT2D eigenvalue weighted by molar-refractivity contribution is 0.0689. The molecule has 0 bridgehead atoms. The number of carbonyl (C=O) groups is 1. The lowest BCUT2D eigenvalue weighted by atomic mass is 10.3. The van der Waals surface area contributed by atoms with Crippen molar-refractivity contribution in [2.45, 2.75) is 19.3 Å². The molecule has 0 aromatic carbocycles. The van der Waals surface area contributed by atoms with Crippen LogP contribution in [0.3, 0.4) is 0 Å². The summed E-state index contributed by atoms with van der Waals surface area (Å²) in [6.07, 6.45) is 3.64. The van der Waals surface area contributed by atoms with Gasteiger partial charge in [-0.2, -0.15) is 0 Å². The zero-order chi connectivity index (χ0) is 10.7. The molecule has 2 rings (SSSR count). The molecule has 4 nitrogen and oxygen atoms in total. The number of aromatic carboxylic acids is 1. The van der Waals surface area contributed by atoms with E-state index in [1.807, 2.05) is 0 Å².